The van der Waals surface area contributed by atoms with Gasteiger partial charge in [0.1, 0.15) is 11.9 Å². The van der Waals surface area contributed by atoms with Gasteiger partial charge in [-0.15, -0.1) is 0 Å². The minimum absolute atomic E-state index is 0.0603. The second kappa shape index (κ2) is 5.88. The molecule has 2 N–H and O–H groups in total. The molecular weight excluding hydrogens is 259 g/mol. The Hall–Kier alpha value is -2.13. The zero-order valence-corrected chi connectivity index (χ0v) is 11.4. The molecule has 6 heteroatoms. The van der Waals surface area contributed by atoms with Gasteiger partial charge >= 0.3 is 0 Å². The molecular formula is C14H17FN4O. The number of nitrogens with two attached hydrogens (primary N) is 1. The van der Waals surface area contributed by atoms with E-state index >= 15 is 0 Å². The number of piperazine rings is 1. The molecule has 2 rings (SSSR count). The van der Waals surface area contributed by atoms with E-state index < -0.39 is 5.82 Å². The van der Waals surface area contributed by atoms with Crippen molar-refractivity contribution >= 4 is 11.6 Å². The summed E-state index contributed by atoms with van der Waals surface area (Å²) in [6.07, 6.45) is 0. The topological polar surface area (TPSA) is 73.4 Å². The largest absolute Gasteiger partial charge is 0.369 e. The molecule has 0 atom stereocenters. The van der Waals surface area contributed by atoms with Crippen LogP contribution in [0.15, 0.2) is 12.1 Å². The minimum Gasteiger partial charge on any atom is -0.369 e. The summed E-state index contributed by atoms with van der Waals surface area (Å²) in [4.78, 5) is 15.0. The van der Waals surface area contributed by atoms with Crippen LogP contribution in [0.5, 0.6) is 0 Å². The third kappa shape index (κ3) is 3.06. The number of carbonyl (C=O) groups is 1. The van der Waals surface area contributed by atoms with Crippen molar-refractivity contribution in [1.29, 1.82) is 5.26 Å². The molecule has 5 nitrogen and oxygen atoms in total. The van der Waals surface area contributed by atoms with Gasteiger partial charge in [-0.25, -0.2) is 4.39 Å². The van der Waals surface area contributed by atoms with Crippen LogP contribution in [0, 0.1) is 24.1 Å². The summed E-state index contributed by atoms with van der Waals surface area (Å²) in [5, 5.41) is 8.91. The highest BCUT2D eigenvalue weighted by Gasteiger charge is 2.20. The lowest BCUT2D eigenvalue weighted by Gasteiger charge is -2.36. The first kappa shape index (κ1) is 14.3. The summed E-state index contributed by atoms with van der Waals surface area (Å²) in [5.41, 5.74) is 6.92. The highest BCUT2D eigenvalue weighted by Crippen LogP contribution is 2.24. The maximum atomic E-state index is 13.5. The van der Waals surface area contributed by atoms with Gasteiger partial charge in [0.2, 0.25) is 5.91 Å². The first-order valence-electron chi connectivity index (χ1n) is 6.47. The fraction of sp³-hybridized carbons (Fsp3) is 0.429. The number of hydrogen-bond donors (Lipinski definition) is 1. The Balaban J connectivity index is 2.11. The van der Waals surface area contributed by atoms with Gasteiger partial charge < -0.3 is 10.6 Å². The molecule has 0 radical (unpaired) electrons. The molecule has 20 heavy (non-hydrogen) atoms. The second-order valence-corrected chi connectivity index (χ2v) is 4.96. The number of halogens is 1. The van der Waals surface area contributed by atoms with Crippen molar-refractivity contribution in [2.75, 3.05) is 37.6 Å². The summed E-state index contributed by atoms with van der Waals surface area (Å²) in [7, 11) is 0. The van der Waals surface area contributed by atoms with E-state index in [-0.39, 0.29) is 18.0 Å². The Labute approximate surface area is 117 Å². The van der Waals surface area contributed by atoms with Crippen LogP contribution in [0.4, 0.5) is 10.1 Å². The highest BCUT2D eigenvalue weighted by molar-refractivity contribution is 5.76. The predicted octanol–water partition coefficient (Wildman–Crippen LogP) is 0.613. The summed E-state index contributed by atoms with van der Waals surface area (Å²) in [5.74, 6) is -0.815. The fourth-order valence-corrected chi connectivity index (χ4v) is 2.45. The predicted molar refractivity (Wildman–Crippen MR) is 73.7 cm³/mol. The molecule has 1 saturated heterocycles. The van der Waals surface area contributed by atoms with Crippen molar-refractivity contribution < 1.29 is 9.18 Å². The highest BCUT2D eigenvalue weighted by atomic mass is 19.1. The third-order valence-electron chi connectivity index (χ3n) is 3.50. The van der Waals surface area contributed by atoms with Crippen LogP contribution in [0.1, 0.15) is 11.1 Å². The molecule has 1 aromatic rings. The molecule has 1 aromatic carbocycles. The first-order chi connectivity index (χ1) is 9.51. The normalized spacial score (nSPS) is 15.9. The van der Waals surface area contributed by atoms with Gasteiger partial charge in [0, 0.05) is 31.9 Å². The van der Waals surface area contributed by atoms with Gasteiger partial charge in [0.25, 0.3) is 0 Å². The van der Waals surface area contributed by atoms with Crippen LogP contribution in [0.3, 0.4) is 0 Å². The number of rotatable bonds is 3. The second-order valence-electron chi connectivity index (χ2n) is 4.96. The zero-order chi connectivity index (χ0) is 14.7. The number of hydrogen-bond acceptors (Lipinski definition) is 4. The van der Waals surface area contributed by atoms with E-state index in [1.54, 1.807) is 6.07 Å². The van der Waals surface area contributed by atoms with Crippen LogP contribution in [-0.2, 0) is 4.79 Å². The number of anilines is 1. The summed E-state index contributed by atoms with van der Waals surface area (Å²) >= 11 is 0. The summed E-state index contributed by atoms with van der Waals surface area (Å²) in [6.45, 7) is 4.99. The number of nitrogens with zero attached hydrogens (tertiary/aromatic N) is 3. The molecule has 0 aliphatic carbocycles. The molecule has 0 aromatic heterocycles. The van der Waals surface area contributed by atoms with Crippen molar-refractivity contribution in [2.45, 2.75) is 6.92 Å². The quantitative estimate of drug-likeness (QED) is 0.878. The number of nitriles is 1. The lowest BCUT2D eigenvalue weighted by Crippen LogP contribution is -2.49. The van der Waals surface area contributed by atoms with Crippen molar-refractivity contribution in [3.05, 3.63) is 29.1 Å². The van der Waals surface area contributed by atoms with Crippen molar-refractivity contribution in [3.63, 3.8) is 0 Å². The summed E-state index contributed by atoms with van der Waals surface area (Å²) < 4.78 is 13.5. The van der Waals surface area contributed by atoms with E-state index in [4.69, 9.17) is 11.0 Å². The Bertz CT molecular complexity index is 559. The van der Waals surface area contributed by atoms with Crippen LogP contribution in [0.2, 0.25) is 0 Å². The first-order valence-corrected chi connectivity index (χ1v) is 6.47. The standard InChI is InChI=1S/C14H17FN4O/c1-10-6-12(15)11(8-16)7-13(10)19-4-2-18(3-5-19)9-14(17)20/h6-7H,2-5,9H2,1H3,(H2,17,20). The van der Waals surface area contributed by atoms with Crippen molar-refractivity contribution in [1.82, 2.24) is 4.90 Å². The molecule has 1 heterocycles. The maximum absolute atomic E-state index is 13.5. The minimum atomic E-state index is -0.485. The lowest BCUT2D eigenvalue weighted by molar-refractivity contribution is -0.119. The van der Waals surface area contributed by atoms with Gasteiger partial charge in [-0.1, -0.05) is 0 Å². The van der Waals surface area contributed by atoms with Gasteiger partial charge in [-0.05, 0) is 24.6 Å². The maximum Gasteiger partial charge on any atom is 0.231 e. The van der Waals surface area contributed by atoms with Crippen molar-refractivity contribution in [3.8, 4) is 6.07 Å². The molecule has 1 aliphatic rings. The molecule has 0 saturated carbocycles. The molecule has 1 fully saturated rings. The number of benzene rings is 1. The molecule has 106 valence electrons. The molecule has 1 aliphatic heterocycles. The smallest absolute Gasteiger partial charge is 0.231 e. The monoisotopic (exact) mass is 276 g/mol. The van der Waals surface area contributed by atoms with Gasteiger partial charge in [-0.2, -0.15) is 5.26 Å². The Morgan fingerprint density at radius 1 is 1.40 bits per heavy atom. The van der Waals surface area contributed by atoms with E-state index in [0.29, 0.717) is 0 Å². The number of primary amides is 1. The Kier molecular flexibility index (Phi) is 4.20. The SMILES string of the molecule is Cc1cc(F)c(C#N)cc1N1CCN(CC(N)=O)CC1. The number of amides is 1. The van der Waals surface area contributed by atoms with Crippen LogP contribution in [0.25, 0.3) is 0 Å². The molecule has 0 unspecified atom stereocenters. The van der Waals surface area contributed by atoms with E-state index in [2.05, 4.69) is 4.90 Å². The van der Waals surface area contributed by atoms with Crippen LogP contribution >= 0.6 is 0 Å². The Morgan fingerprint density at radius 2 is 2.05 bits per heavy atom. The Morgan fingerprint density at radius 3 is 2.60 bits per heavy atom. The van der Waals surface area contributed by atoms with Crippen LogP contribution < -0.4 is 10.6 Å². The fourth-order valence-electron chi connectivity index (χ4n) is 2.45. The molecule has 1 amide bonds. The van der Waals surface area contributed by atoms with Gasteiger partial charge in [0.05, 0.1) is 12.1 Å². The summed E-state index contributed by atoms with van der Waals surface area (Å²) in [6, 6.07) is 4.85. The number of carbonyl (C=O) groups excluding carboxylic acids is 1. The van der Waals surface area contributed by atoms with Gasteiger partial charge in [0.15, 0.2) is 0 Å². The molecule has 0 spiro atoms. The third-order valence-corrected chi connectivity index (χ3v) is 3.50. The number of aryl methyl sites for hydroxylation is 1. The van der Waals surface area contributed by atoms with Crippen molar-refractivity contribution in [2.24, 2.45) is 5.73 Å². The van der Waals surface area contributed by atoms with E-state index in [1.165, 1.54) is 6.07 Å². The average Bonchev–Trinajstić information content (AvgIpc) is 2.39. The van der Waals surface area contributed by atoms with E-state index in [0.717, 1.165) is 37.4 Å². The van der Waals surface area contributed by atoms with E-state index in [9.17, 15) is 9.18 Å². The zero-order valence-electron chi connectivity index (χ0n) is 11.4. The molecule has 0 bridgehead atoms. The average molecular weight is 276 g/mol. The van der Waals surface area contributed by atoms with E-state index in [1.807, 2.05) is 17.9 Å². The van der Waals surface area contributed by atoms with Crippen LogP contribution in [-0.4, -0.2) is 43.5 Å². The lowest BCUT2D eigenvalue weighted by atomic mass is 10.1. The van der Waals surface area contributed by atoms with Gasteiger partial charge in [-0.3, -0.25) is 9.69 Å².